The number of aromatic nitrogens is 3. The molecular formula is C18H14ClN5O2S. The van der Waals surface area contributed by atoms with Crippen LogP contribution in [0.5, 0.6) is 0 Å². The van der Waals surface area contributed by atoms with Crippen LogP contribution in [0.3, 0.4) is 0 Å². The zero-order valence-corrected chi connectivity index (χ0v) is 15.8. The summed E-state index contributed by atoms with van der Waals surface area (Å²) in [5.74, 6) is -0.0448. The number of anilines is 2. The van der Waals surface area contributed by atoms with Crippen molar-refractivity contribution in [1.29, 1.82) is 0 Å². The average molecular weight is 400 g/mol. The van der Waals surface area contributed by atoms with Crippen LogP contribution in [0.1, 0.15) is 16.2 Å². The lowest BCUT2D eigenvalue weighted by molar-refractivity contribution is -0.113. The van der Waals surface area contributed by atoms with E-state index in [1.165, 1.54) is 16.6 Å². The van der Waals surface area contributed by atoms with Crippen LogP contribution in [-0.2, 0) is 4.79 Å². The predicted molar refractivity (Wildman–Crippen MR) is 105 cm³/mol. The van der Waals surface area contributed by atoms with E-state index >= 15 is 0 Å². The second kappa shape index (κ2) is 7.05. The van der Waals surface area contributed by atoms with Crippen molar-refractivity contribution in [1.82, 2.24) is 15.0 Å². The highest BCUT2D eigenvalue weighted by Crippen LogP contribution is 2.33. The molecule has 0 atom stereocenters. The summed E-state index contributed by atoms with van der Waals surface area (Å²) in [7, 11) is 0. The average Bonchev–Trinajstić information content (AvgIpc) is 3.03. The number of rotatable bonds is 3. The molecule has 0 saturated heterocycles. The smallest absolute Gasteiger partial charge is 0.278 e. The fourth-order valence-corrected chi connectivity index (χ4v) is 3.63. The van der Waals surface area contributed by atoms with Crippen molar-refractivity contribution in [2.45, 2.75) is 11.8 Å². The number of carbonyl (C=O) groups excluding carboxylic acids is 2. The normalized spacial score (nSPS) is 13.0. The van der Waals surface area contributed by atoms with E-state index in [-0.39, 0.29) is 17.5 Å². The number of amides is 2. The number of benzene rings is 2. The van der Waals surface area contributed by atoms with Gasteiger partial charge in [-0.3, -0.25) is 9.59 Å². The van der Waals surface area contributed by atoms with E-state index in [1.54, 1.807) is 43.3 Å². The van der Waals surface area contributed by atoms with Crippen LogP contribution in [0.25, 0.3) is 5.69 Å². The number of nitrogens with one attached hydrogen (secondary N) is 2. The number of nitrogens with zero attached hydrogens (tertiary/aromatic N) is 3. The maximum atomic E-state index is 12.6. The molecule has 2 N–H and O–H groups in total. The number of hydrogen-bond acceptors (Lipinski definition) is 5. The zero-order chi connectivity index (χ0) is 19.0. The molecule has 1 aromatic heterocycles. The number of thioether (sulfide) groups is 1. The van der Waals surface area contributed by atoms with Crippen molar-refractivity contribution in [2.24, 2.45) is 0 Å². The maximum absolute atomic E-state index is 12.6. The van der Waals surface area contributed by atoms with Gasteiger partial charge < -0.3 is 10.6 Å². The first-order chi connectivity index (χ1) is 13.0. The monoisotopic (exact) mass is 399 g/mol. The third-order valence-electron chi connectivity index (χ3n) is 3.91. The lowest BCUT2D eigenvalue weighted by Gasteiger charge is -2.17. The van der Waals surface area contributed by atoms with Crippen molar-refractivity contribution in [2.75, 3.05) is 16.4 Å². The van der Waals surface area contributed by atoms with E-state index < -0.39 is 0 Å². The van der Waals surface area contributed by atoms with E-state index in [4.69, 9.17) is 11.6 Å². The minimum absolute atomic E-state index is 0.0590. The lowest BCUT2D eigenvalue weighted by Crippen LogP contribution is -2.19. The molecule has 2 amide bonds. The van der Waals surface area contributed by atoms with E-state index in [0.717, 1.165) is 4.90 Å². The fraction of sp³-hybridized carbons (Fsp3) is 0.111. The summed E-state index contributed by atoms with van der Waals surface area (Å²) in [6, 6.07) is 12.4. The largest absolute Gasteiger partial charge is 0.324 e. The SMILES string of the molecule is Cc1nn(-c2cccc(Cl)c2)nc1C(=O)Nc1ccc2c(c1)NC(=O)CS2. The molecule has 7 nitrogen and oxygen atoms in total. The summed E-state index contributed by atoms with van der Waals surface area (Å²) < 4.78 is 0. The Morgan fingerprint density at radius 3 is 2.93 bits per heavy atom. The summed E-state index contributed by atoms with van der Waals surface area (Å²) in [5, 5.41) is 14.7. The predicted octanol–water partition coefficient (Wildman–Crippen LogP) is 3.53. The van der Waals surface area contributed by atoms with Crippen LogP contribution < -0.4 is 10.6 Å². The molecule has 2 heterocycles. The minimum Gasteiger partial charge on any atom is -0.324 e. The standard InChI is InChI=1S/C18H14ClN5O2S/c1-10-17(23-24(22-10)13-4-2-3-11(19)7-13)18(26)20-12-5-6-15-14(8-12)21-16(25)9-27-15/h2-8H,9H2,1H3,(H,20,26)(H,21,25). The van der Waals surface area contributed by atoms with Gasteiger partial charge in [0.05, 0.1) is 22.8 Å². The van der Waals surface area contributed by atoms with E-state index in [9.17, 15) is 9.59 Å². The molecule has 136 valence electrons. The lowest BCUT2D eigenvalue weighted by atomic mass is 10.2. The molecule has 9 heteroatoms. The Labute approximate surface area is 164 Å². The molecule has 3 aromatic rings. The summed E-state index contributed by atoms with van der Waals surface area (Å²) >= 11 is 7.46. The third-order valence-corrected chi connectivity index (χ3v) is 5.22. The molecule has 0 saturated carbocycles. The van der Waals surface area contributed by atoms with Gasteiger partial charge in [-0.2, -0.15) is 9.90 Å². The van der Waals surface area contributed by atoms with E-state index in [2.05, 4.69) is 20.8 Å². The summed E-state index contributed by atoms with van der Waals surface area (Å²) in [6.45, 7) is 1.71. The molecule has 0 unspecified atom stereocenters. The first kappa shape index (κ1) is 17.6. The van der Waals surface area contributed by atoms with Crippen LogP contribution in [0.2, 0.25) is 5.02 Å². The molecule has 2 aromatic carbocycles. The Morgan fingerprint density at radius 1 is 1.26 bits per heavy atom. The molecule has 1 aliphatic heterocycles. The molecule has 1 aliphatic rings. The topological polar surface area (TPSA) is 88.9 Å². The van der Waals surface area contributed by atoms with Crippen LogP contribution in [0.4, 0.5) is 11.4 Å². The van der Waals surface area contributed by atoms with Crippen molar-refractivity contribution in [3.63, 3.8) is 0 Å². The van der Waals surface area contributed by atoms with Crippen molar-refractivity contribution in [3.05, 3.63) is 58.9 Å². The van der Waals surface area contributed by atoms with Gasteiger partial charge >= 0.3 is 0 Å². The first-order valence-corrected chi connectivity index (χ1v) is 9.44. The Bertz CT molecular complexity index is 1070. The summed E-state index contributed by atoms with van der Waals surface area (Å²) in [4.78, 5) is 26.5. The van der Waals surface area contributed by atoms with Gasteiger partial charge in [0.1, 0.15) is 0 Å². The molecule has 0 fully saturated rings. The molecule has 0 aliphatic carbocycles. The highest BCUT2D eigenvalue weighted by Gasteiger charge is 2.19. The number of fused-ring (bicyclic) bond motifs is 1. The Hall–Kier alpha value is -2.84. The first-order valence-electron chi connectivity index (χ1n) is 8.07. The molecule has 0 spiro atoms. The highest BCUT2D eigenvalue weighted by atomic mass is 35.5. The number of carbonyl (C=O) groups is 2. The Kier molecular flexibility index (Phi) is 4.59. The fourth-order valence-electron chi connectivity index (χ4n) is 2.66. The van der Waals surface area contributed by atoms with Gasteiger partial charge in [0.15, 0.2) is 5.69 Å². The Morgan fingerprint density at radius 2 is 2.11 bits per heavy atom. The van der Waals surface area contributed by atoms with Crippen LogP contribution in [0.15, 0.2) is 47.4 Å². The molecule has 0 radical (unpaired) electrons. The van der Waals surface area contributed by atoms with Gasteiger partial charge in [0.25, 0.3) is 5.91 Å². The minimum atomic E-state index is -0.379. The van der Waals surface area contributed by atoms with Gasteiger partial charge in [0, 0.05) is 15.6 Å². The highest BCUT2D eigenvalue weighted by molar-refractivity contribution is 8.00. The molecule has 27 heavy (non-hydrogen) atoms. The van der Waals surface area contributed by atoms with Crippen LogP contribution in [0, 0.1) is 6.92 Å². The second-order valence-corrected chi connectivity index (χ2v) is 7.36. The maximum Gasteiger partial charge on any atom is 0.278 e. The molecular weight excluding hydrogens is 386 g/mol. The quantitative estimate of drug-likeness (QED) is 0.703. The number of halogens is 1. The van der Waals surface area contributed by atoms with Gasteiger partial charge in [-0.15, -0.1) is 16.9 Å². The summed E-state index contributed by atoms with van der Waals surface area (Å²) in [6.07, 6.45) is 0. The van der Waals surface area contributed by atoms with Gasteiger partial charge in [-0.25, -0.2) is 0 Å². The van der Waals surface area contributed by atoms with Crippen LogP contribution >= 0.6 is 23.4 Å². The number of hydrogen-bond donors (Lipinski definition) is 2. The molecule has 4 rings (SSSR count). The second-order valence-electron chi connectivity index (χ2n) is 5.91. The van der Waals surface area contributed by atoms with Crippen molar-refractivity contribution in [3.8, 4) is 5.69 Å². The van der Waals surface area contributed by atoms with Gasteiger partial charge in [-0.05, 0) is 43.3 Å². The summed E-state index contributed by atoms with van der Waals surface area (Å²) in [5.41, 5.74) is 2.63. The van der Waals surface area contributed by atoms with E-state index in [0.29, 0.717) is 33.5 Å². The van der Waals surface area contributed by atoms with Crippen molar-refractivity contribution >= 4 is 46.6 Å². The van der Waals surface area contributed by atoms with Gasteiger partial charge in [-0.1, -0.05) is 17.7 Å². The molecule has 0 bridgehead atoms. The van der Waals surface area contributed by atoms with E-state index in [1.807, 2.05) is 6.07 Å². The van der Waals surface area contributed by atoms with Gasteiger partial charge in [0.2, 0.25) is 5.91 Å². The van der Waals surface area contributed by atoms with Crippen molar-refractivity contribution < 1.29 is 9.59 Å². The zero-order valence-electron chi connectivity index (χ0n) is 14.2. The Balaban J connectivity index is 1.57. The number of aryl methyl sites for hydroxylation is 1. The third kappa shape index (κ3) is 3.67. The van der Waals surface area contributed by atoms with Crippen LogP contribution in [-0.4, -0.2) is 32.6 Å².